The number of rotatable bonds is 5. The molecule has 0 bridgehead atoms. The molecule has 0 radical (unpaired) electrons. The van der Waals surface area contributed by atoms with Gasteiger partial charge in [0.15, 0.2) is 0 Å². The van der Waals surface area contributed by atoms with Crippen LogP contribution in [0.4, 0.5) is 0 Å². The van der Waals surface area contributed by atoms with Gasteiger partial charge in [-0.3, -0.25) is 0 Å². The quantitative estimate of drug-likeness (QED) is 0.467. The van der Waals surface area contributed by atoms with Crippen LogP contribution in [-0.2, 0) is 6.42 Å². The molecule has 0 saturated heterocycles. The van der Waals surface area contributed by atoms with E-state index in [0.29, 0.717) is 0 Å². The molecule has 0 aliphatic carbocycles. The van der Waals surface area contributed by atoms with E-state index in [0.717, 1.165) is 0 Å². The van der Waals surface area contributed by atoms with Gasteiger partial charge in [-0.05, 0) is 0 Å². The Bertz CT molecular complexity index is 243. The first-order valence-corrected chi connectivity index (χ1v) is 5.38. The van der Waals surface area contributed by atoms with Crippen LogP contribution in [0.1, 0.15) is 30.4 Å². The van der Waals surface area contributed by atoms with Crippen LogP contribution in [0, 0.1) is 6.92 Å². The summed E-state index contributed by atoms with van der Waals surface area (Å²) in [6.07, 6.45) is 5.36. The first kappa shape index (κ1) is 10.9. The second kappa shape index (κ2) is 6.30. The molecule has 0 N–H and O–H groups in total. The fourth-order valence-corrected chi connectivity index (χ4v) is 1.62. The molecule has 0 atom stereocenters. The Morgan fingerprint density at radius 1 is 1.15 bits per heavy atom. The van der Waals surface area contributed by atoms with Gasteiger partial charge in [0.05, 0.1) is 0 Å². The summed E-state index contributed by atoms with van der Waals surface area (Å²) in [6.45, 7) is 2.16. The molecule has 1 heteroatoms. The number of benzene rings is 1. The molecule has 1 rings (SSSR count). The van der Waals surface area contributed by atoms with Gasteiger partial charge in [-0.1, -0.05) is 0 Å². The van der Waals surface area contributed by atoms with E-state index in [4.69, 9.17) is 0 Å². The van der Waals surface area contributed by atoms with Gasteiger partial charge in [0.1, 0.15) is 0 Å². The maximum atomic E-state index is 2.30. The Morgan fingerprint density at radius 2 is 2.00 bits per heavy atom. The standard InChI is InChI=1S/C12H17.Li/c1-3-4-5-8-12-9-6-7-11(2)10-12;/h6-7,9-10H,1,3-5,8H2,2H3;. The number of hydrogen-bond donors (Lipinski definition) is 0. The van der Waals surface area contributed by atoms with E-state index < -0.39 is 0 Å². The van der Waals surface area contributed by atoms with Gasteiger partial charge >= 0.3 is 90.8 Å². The molecule has 0 saturated carbocycles. The molecule has 0 aliphatic rings. The number of aryl methyl sites for hydroxylation is 2. The van der Waals surface area contributed by atoms with Crippen LogP contribution < -0.4 is 0 Å². The summed E-state index contributed by atoms with van der Waals surface area (Å²) in [5, 5.41) is 1.33. The van der Waals surface area contributed by atoms with Crippen molar-refractivity contribution in [1.82, 2.24) is 0 Å². The summed E-state index contributed by atoms with van der Waals surface area (Å²) in [4.78, 5) is 0. The molecule has 13 heavy (non-hydrogen) atoms. The summed E-state index contributed by atoms with van der Waals surface area (Å²) in [6, 6.07) is 8.85. The van der Waals surface area contributed by atoms with Gasteiger partial charge in [-0.25, -0.2) is 0 Å². The average Bonchev–Trinajstić information content (AvgIpc) is 2.13. The minimum atomic E-state index is 1.25. The predicted octanol–water partition coefficient (Wildman–Crippen LogP) is 3.29. The zero-order chi connectivity index (χ0) is 9.52. The van der Waals surface area contributed by atoms with E-state index in [2.05, 4.69) is 48.9 Å². The Balaban J connectivity index is 2.28. The van der Waals surface area contributed by atoms with Crippen molar-refractivity contribution >= 4 is 17.7 Å². The van der Waals surface area contributed by atoms with Crippen molar-refractivity contribution in [2.75, 3.05) is 0 Å². The Labute approximate surface area is 90.9 Å². The van der Waals surface area contributed by atoms with Crippen LogP contribution in [0.3, 0.4) is 0 Å². The normalized spacial score (nSPS) is 10.4. The first-order valence-electron chi connectivity index (χ1n) is 5.38. The van der Waals surface area contributed by atoms with Gasteiger partial charge in [0, 0.05) is 0 Å². The summed E-state index contributed by atoms with van der Waals surface area (Å²) in [5.41, 5.74) is 2.88. The van der Waals surface area contributed by atoms with Gasteiger partial charge in [0.2, 0.25) is 0 Å². The maximum absolute atomic E-state index is 2.30. The van der Waals surface area contributed by atoms with Gasteiger partial charge in [-0.15, -0.1) is 0 Å². The fraction of sp³-hybridized carbons (Fsp3) is 0.500. The predicted molar refractivity (Wildman–Crippen MR) is 59.3 cm³/mol. The van der Waals surface area contributed by atoms with Crippen molar-refractivity contribution in [1.29, 1.82) is 0 Å². The van der Waals surface area contributed by atoms with Crippen molar-refractivity contribution in [2.24, 2.45) is 0 Å². The molecule has 0 aromatic heterocycles. The van der Waals surface area contributed by atoms with E-state index in [1.807, 2.05) is 0 Å². The van der Waals surface area contributed by atoms with Gasteiger partial charge in [-0.2, -0.15) is 0 Å². The van der Waals surface area contributed by atoms with E-state index in [-0.39, 0.29) is 0 Å². The molecule has 0 unspecified atom stereocenters. The molecule has 66 valence electrons. The van der Waals surface area contributed by atoms with Crippen molar-refractivity contribution in [3.63, 3.8) is 0 Å². The SMILES string of the molecule is [Li][CH2]CCCCc1cccc(C)c1. The third kappa shape index (κ3) is 4.55. The van der Waals surface area contributed by atoms with Crippen molar-refractivity contribution in [3.05, 3.63) is 35.4 Å². The van der Waals surface area contributed by atoms with Crippen LogP contribution in [0.2, 0.25) is 5.09 Å². The molecule has 0 amide bonds. The summed E-state index contributed by atoms with van der Waals surface area (Å²) in [7, 11) is 0. The topological polar surface area (TPSA) is 0 Å². The zero-order valence-corrected chi connectivity index (χ0v) is 8.84. The number of hydrogen-bond acceptors (Lipinski definition) is 0. The monoisotopic (exact) mass is 168 g/mol. The molecule has 1 aromatic carbocycles. The molecule has 1 aromatic rings. The summed E-state index contributed by atoms with van der Waals surface area (Å²) < 4.78 is 0. The summed E-state index contributed by atoms with van der Waals surface area (Å²) in [5.74, 6) is 0. The van der Waals surface area contributed by atoms with E-state index in [1.54, 1.807) is 0 Å². The van der Waals surface area contributed by atoms with Crippen LogP contribution in [0.15, 0.2) is 24.3 Å². The van der Waals surface area contributed by atoms with Crippen LogP contribution >= 0.6 is 0 Å². The molecule has 0 aliphatic heterocycles. The zero-order valence-electron chi connectivity index (χ0n) is 8.84. The molecule has 0 nitrogen and oxygen atoms in total. The van der Waals surface area contributed by atoms with Crippen molar-refractivity contribution in [3.8, 4) is 0 Å². The minimum absolute atomic E-state index is 1.25. The van der Waals surface area contributed by atoms with E-state index in [9.17, 15) is 0 Å². The van der Waals surface area contributed by atoms with E-state index >= 15 is 0 Å². The second-order valence-corrected chi connectivity index (χ2v) is 3.80. The Hall–Kier alpha value is -0.183. The first-order chi connectivity index (χ1) is 6.33. The van der Waals surface area contributed by atoms with Crippen molar-refractivity contribution < 1.29 is 0 Å². The van der Waals surface area contributed by atoms with Crippen molar-refractivity contribution in [2.45, 2.75) is 37.7 Å². The Morgan fingerprint density at radius 3 is 2.69 bits per heavy atom. The Kier molecular flexibility index (Phi) is 5.28. The van der Waals surface area contributed by atoms with Crippen LogP contribution in [-0.4, -0.2) is 17.7 Å². The number of unbranched alkanes of at least 4 members (excludes halogenated alkanes) is 2. The fourth-order valence-electron chi connectivity index (χ4n) is 1.62. The molecule has 0 spiro atoms. The molecule has 0 heterocycles. The average molecular weight is 168 g/mol. The molecule has 0 fully saturated rings. The summed E-state index contributed by atoms with van der Waals surface area (Å²) >= 11 is 2.26. The van der Waals surface area contributed by atoms with E-state index in [1.165, 1.54) is 41.9 Å². The second-order valence-electron chi connectivity index (χ2n) is 3.80. The van der Waals surface area contributed by atoms with Gasteiger partial charge < -0.3 is 0 Å². The van der Waals surface area contributed by atoms with Gasteiger partial charge in [0.25, 0.3) is 0 Å². The van der Waals surface area contributed by atoms with Crippen LogP contribution in [0.25, 0.3) is 0 Å². The third-order valence-corrected chi connectivity index (χ3v) is 2.40. The molecular formula is C12H17Li. The molecular weight excluding hydrogens is 151 g/mol. The van der Waals surface area contributed by atoms with Crippen LogP contribution in [0.5, 0.6) is 0 Å². The third-order valence-electron chi connectivity index (χ3n) is 2.40.